The average molecular weight is 185 g/mol. The average Bonchev–Trinajstić information content (AvgIpc) is 2.14. The summed E-state index contributed by atoms with van der Waals surface area (Å²) in [4.78, 5) is 3.93. The molecule has 2 nitrogen and oxygen atoms in total. The minimum atomic E-state index is -0.994. The molecule has 0 amide bonds. The van der Waals surface area contributed by atoms with Crippen molar-refractivity contribution in [2.24, 2.45) is 0 Å². The lowest BCUT2D eigenvalue weighted by atomic mass is 10.1. The van der Waals surface area contributed by atoms with Crippen LogP contribution in [-0.4, -0.2) is 15.7 Å². The largest absolute Gasteiger partial charge is 0.378 e. The molecule has 1 aromatic rings. The highest BCUT2D eigenvalue weighted by atomic mass is 16.3. The summed E-state index contributed by atoms with van der Waals surface area (Å²) in [5.41, 5.74) is 0.404. The quantitative estimate of drug-likeness (QED) is 0.616. The van der Waals surface area contributed by atoms with Gasteiger partial charge >= 0.3 is 0 Å². The van der Waals surface area contributed by atoms with Gasteiger partial charge in [-0.2, -0.15) is 0 Å². The Morgan fingerprint density at radius 2 is 2.00 bits per heavy atom. The van der Waals surface area contributed by atoms with E-state index in [0.29, 0.717) is 11.1 Å². The van der Waals surface area contributed by atoms with Gasteiger partial charge < -0.3 is 5.11 Å². The van der Waals surface area contributed by atoms with E-state index in [1.54, 1.807) is 32.3 Å². The molecular formula is C12H11NO. The molecule has 1 heterocycles. The summed E-state index contributed by atoms with van der Waals surface area (Å²) < 4.78 is 0. The molecule has 0 saturated heterocycles. The normalized spacial score (nSPS) is 9.86. The lowest BCUT2D eigenvalue weighted by Crippen LogP contribution is -2.14. The van der Waals surface area contributed by atoms with Gasteiger partial charge in [0.2, 0.25) is 0 Å². The van der Waals surface area contributed by atoms with Crippen molar-refractivity contribution in [3.05, 3.63) is 29.6 Å². The van der Waals surface area contributed by atoms with Crippen LogP contribution in [0.5, 0.6) is 0 Å². The van der Waals surface area contributed by atoms with Gasteiger partial charge in [-0.05, 0) is 19.9 Å². The topological polar surface area (TPSA) is 33.1 Å². The van der Waals surface area contributed by atoms with E-state index in [-0.39, 0.29) is 0 Å². The molecule has 0 bridgehead atoms. The molecule has 1 rings (SSSR count). The number of aliphatic hydroxyl groups is 1. The fourth-order valence-electron chi connectivity index (χ4n) is 0.812. The van der Waals surface area contributed by atoms with Crippen molar-refractivity contribution < 1.29 is 5.11 Å². The minimum Gasteiger partial charge on any atom is -0.378 e. The monoisotopic (exact) mass is 185 g/mol. The van der Waals surface area contributed by atoms with E-state index in [1.807, 2.05) is 0 Å². The fraction of sp³-hybridized carbons (Fsp3) is 0.250. The minimum absolute atomic E-state index is 0.688. The molecule has 1 aromatic heterocycles. The maximum atomic E-state index is 9.37. The van der Waals surface area contributed by atoms with Gasteiger partial charge in [0.05, 0.1) is 0 Å². The maximum absolute atomic E-state index is 9.37. The first-order valence-corrected chi connectivity index (χ1v) is 4.18. The van der Waals surface area contributed by atoms with Crippen molar-refractivity contribution in [1.29, 1.82) is 0 Å². The molecule has 70 valence electrons. The van der Waals surface area contributed by atoms with Crippen LogP contribution in [0.15, 0.2) is 18.5 Å². The molecule has 0 atom stereocenters. The predicted molar refractivity (Wildman–Crippen MR) is 55.3 cm³/mol. The Morgan fingerprint density at radius 3 is 2.57 bits per heavy atom. The van der Waals surface area contributed by atoms with Crippen molar-refractivity contribution >= 4 is 0 Å². The Hall–Kier alpha value is -1.77. The molecule has 14 heavy (non-hydrogen) atoms. The summed E-state index contributed by atoms with van der Waals surface area (Å²) in [7, 11) is 0. The Bertz CT molecular complexity index is 424. The zero-order chi connectivity index (χ0) is 10.6. The second-order valence-electron chi connectivity index (χ2n) is 3.42. The Morgan fingerprint density at radius 1 is 1.36 bits per heavy atom. The summed E-state index contributed by atoms with van der Waals surface area (Å²) in [5.74, 6) is 7.96. The van der Waals surface area contributed by atoms with Crippen LogP contribution < -0.4 is 0 Å². The SMILES string of the molecule is C#Cc1cncc(C#CC(C)(C)O)c1. The van der Waals surface area contributed by atoms with E-state index in [2.05, 4.69) is 22.7 Å². The van der Waals surface area contributed by atoms with Crippen LogP contribution in [-0.2, 0) is 0 Å². The van der Waals surface area contributed by atoms with Crippen molar-refractivity contribution in [1.82, 2.24) is 4.98 Å². The standard InChI is InChI=1S/C12H11NO/c1-4-10-7-11(9-13-8-10)5-6-12(2,3)14/h1,7-9,14H,2-3H3. The van der Waals surface area contributed by atoms with Gasteiger partial charge in [-0.25, -0.2) is 0 Å². The lowest BCUT2D eigenvalue weighted by Gasteiger charge is -2.05. The van der Waals surface area contributed by atoms with E-state index in [4.69, 9.17) is 6.42 Å². The number of terminal acetylenes is 1. The molecule has 2 heteroatoms. The fourth-order valence-corrected chi connectivity index (χ4v) is 0.812. The van der Waals surface area contributed by atoms with Crippen LogP contribution >= 0.6 is 0 Å². The summed E-state index contributed by atoms with van der Waals surface area (Å²) in [6.45, 7) is 3.25. The van der Waals surface area contributed by atoms with Crippen LogP contribution in [0.4, 0.5) is 0 Å². The second-order valence-corrected chi connectivity index (χ2v) is 3.42. The van der Waals surface area contributed by atoms with Gasteiger partial charge in [0.25, 0.3) is 0 Å². The van der Waals surface area contributed by atoms with E-state index in [9.17, 15) is 5.11 Å². The van der Waals surface area contributed by atoms with Crippen molar-refractivity contribution in [3.63, 3.8) is 0 Å². The van der Waals surface area contributed by atoms with Crippen LogP contribution in [0.25, 0.3) is 0 Å². The van der Waals surface area contributed by atoms with Crippen molar-refractivity contribution in [2.75, 3.05) is 0 Å². The first kappa shape index (κ1) is 10.3. The smallest absolute Gasteiger partial charge is 0.120 e. The van der Waals surface area contributed by atoms with Crippen LogP contribution in [0.1, 0.15) is 25.0 Å². The van der Waals surface area contributed by atoms with E-state index >= 15 is 0 Å². The third-order valence-electron chi connectivity index (χ3n) is 1.42. The third-order valence-corrected chi connectivity index (χ3v) is 1.42. The van der Waals surface area contributed by atoms with E-state index in [0.717, 1.165) is 0 Å². The summed E-state index contributed by atoms with van der Waals surface area (Å²) in [5, 5.41) is 9.37. The van der Waals surface area contributed by atoms with Gasteiger partial charge in [0, 0.05) is 23.5 Å². The first-order valence-electron chi connectivity index (χ1n) is 4.18. The Balaban J connectivity index is 2.98. The highest BCUT2D eigenvalue weighted by molar-refractivity contribution is 5.40. The summed E-state index contributed by atoms with van der Waals surface area (Å²) >= 11 is 0. The number of rotatable bonds is 0. The van der Waals surface area contributed by atoms with Gasteiger partial charge in [0.15, 0.2) is 0 Å². The molecule has 0 saturated carbocycles. The number of aromatic nitrogens is 1. The van der Waals surface area contributed by atoms with Gasteiger partial charge in [-0.1, -0.05) is 17.8 Å². The lowest BCUT2D eigenvalue weighted by molar-refractivity contribution is 0.143. The van der Waals surface area contributed by atoms with Crippen molar-refractivity contribution in [3.8, 4) is 24.2 Å². The van der Waals surface area contributed by atoms with Crippen LogP contribution in [0.3, 0.4) is 0 Å². The molecule has 0 aromatic carbocycles. The first-order chi connectivity index (χ1) is 6.51. The molecule has 0 spiro atoms. The molecule has 0 aliphatic heterocycles. The van der Waals surface area contributed by atoms with E-state index < -0.39 is 5.60 Å². The van der Waals surface area contributed by atoms with E-state index in [1.165, 1.54) is 0 Å². The van der Waals surface area contributed by atoms with Gasteiger partial charge in [-0.15, -0.1) is 6.42 Å². The Labute approximate surface area is 84.0 Å². The summed E-state index contributed by atoms with van der Waals surface area (Å²) in [6, 6.07) is 1.76. The second kappa shape index (κ2) is 3.96. The number of hydrogen-bond donors (Lipinski definition) is 1. The molecule has 0 unspecified atom stereocenters. The van der Waals surface area contributed by atoms with Crippen LogP contribution in [0, 0.1) is 24.2 Å². The highest BCUT2D eigenvalue weighted by Gasteiger charge is 2.05. The molecule has 0 aliphatic rings. The highest BCUT2D eigenvalue weighted by Crippen LogP contribution is 2.02. The molecular weight excluding hydrogens is 174 g/mol. The van der Waals surface area contributed by atoms with Gasteiger partial charge in [0.1, 0.15) is 5.60 Å². The third kappa shape index (κ3) is 3.31. The van der Waals surface area contributed by atoms with Gasteiger partial charge in [-0.3, -0.25) is 4.98 Å². The molecule has 1 N–H and O–H groups in total. The molecule has 0 fully saturated rings. The summed E-state index contributed by atoms with van der Waals surface area (Å²) in [6.07, 6.45) is 8.42. The maximum Gasteiger partial charge on any atom is 0.120 e. The number of pyridine rings is 1. The Kier molecular flexibility index (Phi) is 2.92. The molecule has 0 aliphatic carbocycles. The van der Waals surface area contributed by atoms with Crippen LogP contribution in [0.2, 0.25) is 0 Å². The predicted octanol–water partition coefficient (Wildman–Crippen LogP) is 1.19. The zero-order valence-corrected chi connectivity index (χ0v) is 8.20. The number of nitrogens with zero attached hydrogens (tertiary/aromatic N) is 1. The van der Waals surface area contributed by atoms with Crippen molar-refractivity contribution in [2.45, 2.75) is 19.4 Å². The number of hydrogen-bond acceptors (Lipinski definition) is 2. The molecule has 0 radical (unpaired) electrons. The zero-order valence-electron chi connectivity index (χ0n) is 8.20.